The van der Waals surface area contributed by atoms with E-state index in [0.29, 0.717) is 26.4 Å². The Kier molecular flexibility index (Phi) is 5.88. The van der Waals surface area contributed by atoms with Crippen molar-refractivity contribution in [2.75, 3.05) is 33.0 Å². The molecule has 1 aromatic rings. The Morgan fingerprint density at radius 3 is 3.05 bits per heavy atom. The van der Waals surface area contributed by atoms with Crippen LogP contribution in [0.25, 0.3) is 0 Å². The normalized spacial score (nSPS) is 19.1. The smallest absolute Gasteiger partial charge is 0.124 e. The number of hydrogen-bond donors (Lipinski definition) is 1. The molecule has 1 N–H and O–H groups in total. The minimum absolute atomic E-state index is 0.148. The SMILES string of the molecule is C=CCOc1ccccc1CNCC1COCCO1. The highest BCUT2D eigenvalue weighted by Crippen LogP contribution is 2.17. The van der Waals surface area contributed by atoms with E-state index < -0.39 is 0 Å². The molecule has 0 bridgehead atoms. The first-order chi connectivity index (χ1) is 9.40. The van der Waals surface area contributed by atoms with Crippen LogP contribution in [-0.4, -0.2) is 39.1 Å². The summed E-state index contributed by atoms with van der Waals surface area (Å²) in [7, 11) is 0. The van der Waals surface area contributed by atoms with Gasteiger partial charge in [-0.05, 0) is 6.07 Å². The maximum Gasteiger partial charge on any atom is 0.124 e. The molecule has 4 nitrogen and oxygen atoms in total. The minimum atomic E-state index is 0.148. The van der Waals surface area contributed by atoms with Crippen molar-refractivity contribution in [3.05, 3.63) is 42.5 Å². The molecule has 0 spiro atoms. The highest BCUT2D eigenvalue weighted by atomic mass is 16.6. The van der Waals surface area contributed by atoms with Crippen molar-refractivity contribution in [1.29, 1.82) is 0 Å². The molecule has 0 radical (unpaired) electrons. The quantitative estimate of drug-likeness (QED) is 0.761. The number of nitrogens with one attached hydrogen (secondary N) is 1. The second-order valence-electron chi connectivity index (χ2n) is 4.41. The van der Waals surface area contributed by atoms with Crippen molar-refractivity contribution in [3.63, 3.8) is 0 Å². The molecule has 0 amide bonds. The van der Waals surface area contributed by atoms with E-state index in [0.717, 1.165) is 24.4 Å². The molecule has 0 saturated carbocycles. The van der Waals surface area contributed by atoms with E-state index in [1.165, 1.54) is 0 Å². The van der Waals surface area contributed by atoms with E-state index >= 15 is 0 Å². The molecule has 1 fully saturated rings. The first-order valence-corrected chi connectivity index (χ1v) is 6.62. The fourth-order valence-corrected chi connectivity index (χ4v) is 1.96. The Hall–Kier alpha value is -1.36. The van der Waals surface area contributed by atoms with E-state index in [4.69, 9.17) is 14.2 Å². The predicted octanol–water partition coefficient (Wildman–Crippen LogP) is 1.76. The van der Waals surface area contributed by atoms with Crippen LogP contribution in [0.15, 0.2) is 36.9 Å². The lowest BCUT2D eigenvalue weighted by molar-refractivity contribution is -0.0864. The molecule has 4 heteroatoms. The van der Waals surface area contributed by atoms with Crippen molar-refractivity contribution < 1.29 is 14.2 Å². The highest BCUT2D eigenvalue weighted by molar-refractivity contribution is 5.33. The van der Waals surface area contributed by atoms with Gasteiger partial charge in [-0.15, -0.1) is 0 Å². The minimum Gasteiger partial charge on any atom is -0.489 e. The van der Waals surface area contributed by atoms with Gasteiger partial charge in [0.15, 0.2) is 0 Å². The summed E-state index contributed by atoms with van der Waals surface area (Å²) < 4.78 is 16.6. The van der Waals surface area contributed by atoms with Crippen molar-refractivity contribution in [2.45, 2.75) is 12.6 Å². The van der Waals surface area contributed by atoms with E-state index in [-0.39, 0.29) is 6.10 Å². The number of hydrogen-bond acceptors (Lipinski definition) is 4. The average Bonchev–Trinajstić information content (AvgIpc) is 2.47. The third kappa shape index (κ3) is 4.67. The summed E-state index contributed by atoms with van der Waals surface area (Å²) in [6.45, 7) is 7.78. The topological polar surface area (TPSA) is 39.7 Å². The van der Waals surface area contributed by atoms with Gasteiger partial charge in [-0.1, -0.05) is 30.9 Å². The van der Waals surface area contributed by atoms with Crippen molar-refractivity contribution in [2.24, 2.45) is 0 Å². The van der Waals surface area contributed by atoms with Crippen molar-refractivity contribution >= 4 is 0 Å². The van der Waals surface area contributed by atoms with Crippen LogP contribution in [0.2, 0.25) is 0 Å². The summed E-state index contributed by atoms with van der Waals surface area (Å²) in [5.41, 5.74) is 1.14. The summed E-state index contributed by atoms with van der Waals surface area (Å²) in [6, 6.07) is 8.02. The lowest BCUT2D eigenvalue weighted by atomic mass is 10.2. The molecular formula is C15H21NO3. The predicted molar refractivity (Wildman–Crippen MR) is 74.4 cm³/mol. The van der Waals surface area contributed by atoms with Crippen LogP contribution in [0, 0.1) is 0 Å². The van der Waals surface area contributed by atoms with Crippen LogP contribution in [0.1, 0.15) is 5.56 Å². The van der Waals surface area contributed by atoms with Gasteiger partial charge in [0.1, 0.15) is 12.4 Å². The van der Waals surface area contributed by atoms with E-state index in [1.54, 1.807) is 6.08 Å². The van der Waals surface area contributed by atoms with Gasteiger partial charge >= 0.3 is 0 Å². The molecule has 2 rings (SSSR count). The number of benzene rings is 1. The van der Waals surface area contributed by atoms with Crippen LogP contribution < -0.4 is 10.1 Å². The molecule has 19 heavy (non-hydrogen) atoms. The van der Waals surface area contributed by atoms with Gasteiger partial charge in [0, 0.05) is 18.7 Å². The fraction of sp³-hybridized carbons (Fsp3) is 0.467. The van der Waals surface area contributed by atoms with Gasteiger partial charge in [0.2, 0.25) is 0 Å². The lowest BCUT2D eigenvalue weighted by Gasteiger charge is -2.23. The summed E-state index contributed by atoms with van der Waals surface area (Å²) in [5, 5.41) is 3.38. The summed E-state index contributed by atoms with van der Waals surface area (Å²) in [6.07, 6.45) is 1.90. The molecule has 0 aromatic heterocycles. The van der Waals surface area contributed by atoms with Crippen molar-refractivity contribution in [3.8, 4) is 5.75 Å². The Labute approximate surface area is 114 Å². The van der Waals surface area contributed by atoms with Crippen LogP contribution in [0.3, 0.4) is 0 Å². The van der Waals surface area contributed by atoms with Crippen molar-refractivity contribution in [1.82, 2.24) is 5.32 Å². The molecular weight excluding hydrogens is 242 g/mol. The van der Waals surface area contributed by atoms with Gasteiger partial charge in [-0.25, -0.2) is 0 Å². The molecule has 1 aliphatic rings. The molecule has 1 heterocycles. The van der Waals surface area contributed by atoms with E-state index in [1.807, 2.05) is 18.2 Å². The van der Waals surface area contributed by atoms with Gasteiger partial charge in [0.25, 0.3) is 0 Å². The number of rotatable bonds is 7. The van der Waals surface area contributed by atoms with Crippen LogP contribution in [-0.2, 0) is 16.0 Å². The standard InChI is InChI=1S/C15H21NO3/c1-2-7-19-15-6-4-3-5-13(15)10-16-11-14-12-17-8-9-18-14/h2-6,14,16H,1,7-12H2. The number of ether oxygens (including phenoxy) is 3. The highest BCUT2D eigenvalue weighted by Gasteiger charge is 2.13. The molecule has 1 atom stereocenters. The maximum absolute atomic E-state index is 5.61. The zero-order valence-corrected chi connectivity index (χ0v) is 11.1. The van der Waals surface area contributed by atoms with Gasteiger partial charge < -0.3 is 19.5 Å². The maximum atomic E-state index is 5.61. The molecule has 0 aliphatic carbocycles. The average molecular weight is 263 g/mol. The van der Waals surface area contributed by atoms with E-state index in [2.05, 4.69) is 18.0 Å². The Morgan fingerprint density at radius 1 is 1.37 bits per heavy atom. The Bertz CT molecular complexity index is 389. The second-order valence-corrected chi connectivity index (χ2v) is 4.41. The van der Waals surface area contributed by atoms with Gasteiger partial charge in [-0.3, -0.25) is 0 Å². The monoisotopic (exact) mass is 263 g/mol. The second kappa shape index (κ2) is 7.94. The van der Waals surface area contributed by atoms with Gasteiger partial charge in [-0.2, -0.15) is 0 Å². The number of para-hydroxylation sites is 1. The molecule has 104 valence electrons. The molecule has 1 aliphatic heterocycles. The fourth-order valence-electron chi connectivity index (χ4n) is 1.96. The van der Waals surface area contributed by atoms with Crippen LogP contribution >= 0.6 is 0 Å². The van der Waals surface area contributed by atoms with Crippen LogP contribution in [0.5, 0.6) is 5.75 Å². The molecule has 1 unspecified atom stereocenters. The summed E-state index contributed by atoms with van der Waals surface area (Å²) in [5.74, 6) is 0.899. The summed E-state index contributed by atoms with van der Waals surface area (Å²) in [4.78, 5) is 0. The third-order valence-corrected chi connectivity index (χ3v) is 2.90. The molecule has 1 saturated heterocycles. The first-order valence-electron chi connectivity index (χ1n) is 6.62. The molecule has 1 aromatic carbocycles. The summed E-state index contributed by atoms with van der Waals surface area (Å²) >= 11 is 0. The van der Waals surface area contributed by atoms with Gasteiger partial charge in [0.05, 0.1) is 25.9 Å². The largest absolute Gasteiger partial charge is 0.489 e. The Morgan fingerprint density at radius 2 is 2.26 bits per heavy atom. The lowest BCUT2D eigenvalue weighted by Crippen LogP contribution is -2.37. The van der Waals surface area contributed by atoms with Crippen LogP contribution in [0.4, 0.5) is 0 Å². The third-order valence-electron chi connectivity index (χ3n) is 2.90. The first kappa shape index (κ1) is 14.1. The zero-order chi connectivity index (χ0) is 13.3. The zero-order valence-electron chi connectivity index (χ0n) is 11.1. The van der Waals surface area contributed by atoms with E-state index in [9.17, 15) is 0 Å². The Balaban J connectivity index is 1.79.